The Morgan fingerprint density at radius 1 is 1.25 bits per heavy atom. The molecule has 2 N–H and O–H groups in total. The van der Waals surface area contributed by atoms with E-state index in [2.05, 4.69) is 15.5 Å². The Labute approximate surface area is 119 Å². The first-order valence-corrected chi connectivity index (χ1v) is 7.45. The minimum absolute atomic E-state index is 0.0377. The number of urea groups is 1. The Balaban J connectivity index is 1.58. The topological polar surface area (TPSA) is 67.9 Å². The van der Waals surface area contributed by atoms with Gasteiger partial charge in [0.05, 0.1) is 12.1 Å². The van der Waals surface area contributed by atoms with Crippen molar-refractivity contribution >= 4 is 11.9 Å². The van der Waals surface area contributed by atoms with Gasteiger partial charge in [0.2, 0.25) is 5.91 Å². The fourth-order valence-corrected chi connectivity index (χ4v) is 3.29. The maximum Gasteiger partial charge on any atom is 0.317 e. The van der Waals surface area contributed by atoms with Crippen LogP contribution in [0.1, 0.15) is 6.92 Å². The second-order valence-electron chi connectivity index (χ2n) is 5.78. The molecule has 0 bridgehead atoms. The van der Waals surface area contributed by atoms with Gasteiger partial charge in [-0.2, -0.15) is 0 Å². The lowest BCUT2D eigenvalue weighted by Crippen LogP contribution is -2.59. The molecule has 0 aliphatic carbocycles. The monoisotopic (exact) mass is 281 g/mol. The Morgan fingerprint density at radius 3 is 2.75 bits per heavy atom. The second kappa shape index (κ2) is 5.57. The highest BCUT2D eigenvalue weighted by molar-refractivity contribution is 5.82. The van der Waals surface area contributed by atoms with Gasteiger partial charge in [-0.15, -0.1) is 0 Å². The second-order valence-corrected chi connectivity index (χ2v) is 5.78. The summed E-state index contributed by atoms with van der Waals surface area (Å²) in [7, 11) is 0. The number of piperazine rings is 2. The van der Waals surface area contributed by atoms with Crippen molar-refractivity contribution in [2.24, 2.45) is 0 Å². The SMILES string of the molecule is CC(C(=O)N1CCNCC1)N1CCN2C(=O)NCC2C1. The Hall–Kier alpha value is -1.34. The molecule has 7 heteroatoms. The van der Waals surface area contributed by atoms with E-state index in [1.54, 1.807) is 0 Å². The van der Waals surface area contributed by atoms with Crippen molar-refractivity contribution in [1.82, 2.24) is 25.3 Å². The molecule has 3 saturated heterocycles. The summed E-state index contributed by atoms with van der Waals surface area (Å²) in [6.45, 7) is 8.34. The number of hydrogen-bond donors (Lipinski definition) is 2. The molecule has 3 amide bonds. The van der Waals surface area contributed by atoms with Crippen molar-refractivity contribution < 1.29 is 9.59 Å². The average molecular weight is 281 g/mol. The van der Waals surface area contributed by atoms with Gasteiger partial charge in [-0.1, -0.05) is 0 Å². The van der Waals surface area contributed by atoms with Gasteiger partial charge >= 0.3 is 6.03 Å². The van der Waals surface area contributed by atoms with Gasteiger partial charge in [0.25, 0.3) is 0 Å². The fraction of sp³-hybridized carbons (Fsp3) is 0.846. The third-order valence-electron chi connectivity index (χ3n) is 4.60. The Morgan fingerprint density at radius 2 is 2.00 bits per heavy atom. The third kappa shape index (κ3) is 2.47. The highest BCUT2D eigenvalue weighted by atomic mass is 16.2. The molecule has 0 saturated carbocycles. The van der Waals surface area contributed by atoms with E-state index in [0.29, 0.717) is 6.54 Å². The van der Waals surface area contributed by atoms with E-state index in [1.807, 2.05) is 16.7 Å². The van der Waals surface area contributed by atoms with Crippen molar-refractivity contribution in [3.8, 4) is 0 Å². The van der Waals surface area contributed by atoms with Crippen LogP contribution in [0.15, 0.2) is 0 Å². The molecule has 3 rings (SSSR count). The van der Waals surface area contributed by atoms with E-state index < -0.39 is 0 Å². The van der Waals surface area contributed by atoms with Gasteiger partial charge in [-0.3, -0.25) is 9.69 Å². The molecule has 3 aliphatic rings. The highest BCUT2D eigenvalue weighted by Gasteiger charge is 2.38. The summed E-state index contributed by atoms with van der Waals surface area (Å²) >= 11 is 0. The minimum atomic E-state index is -0.0917. The summed E-state index contributed by atoms with van der Waals surface area (Å²) in [6, 6.07) is 0.163. The molecule has 0 spiro atoms. The quantitative estimate of drug-likeness (QED) is 0.647. The molecule has 2 unspecified atom stereocenters. The summed E-state index contributed by atoms with van der Waals surface area (Å²) in [6.07, 6.45) is 0. The van der Waals surface area contributed by atoms with Gasteiger partial charge < -0.3 is 20.4 Å². The number of carbonyl (C=O) groups excluding carboxylic acids is 2. The molecule has 3 aliphatic heterocycles. The van der Waals surface area contributed by atoms with Crippen LogP contribution in [0.25, 0.3) is 0 Å². The zero-order valence-electron chi connectivity index (χ0n) is 12.0. The average Bonchev–Trinajstić information content (AvgIpc) is 2.87. The molecule has 3 heterocycles. The maximum absolute atomic E-state index is 12.5. The molecule has 2 atom stereocenters. The van der Waals surface area contributed by atoms with Gasteiger partial charge in [0.15, 0.2) is 0 Å². The molecule has 112 valence electrons. The van der Waals surface area contributed by atoms with Gasteiger partial charge in [-0.25, -0.2) is 4.79 Å². The molecule has 3 fully saturated rings. The van der Waals surface area contributed by atoms with Crippen LogP contribution in [0, 0.1) is 0 Å². The molecule has 20 heavy (non-hydrogen) atoms. The zero-order valence-corrected chi connectivity index (χ0v) is 12.0. The van der Waals surface area contributed by atoms with Crippen molar-refractivity contribution in [1.29, 1.82) is 0 Å². The first-order valence-electron chi connectivity index (χ1n) is 7.45. The summed E-state index contributed by atoms with van der Waals surface area (Å²) in [5.41, 5.74) is 0. The molecule has 0 aromatic rings. The van der Waals surface area contributed by atoms with E-state index in [4.69, 9.17) is 0 Å². The van der Waals surface area contributed by atoms with E-state index in [1.165, 1.54) is 0 Å². The number of hydrogen-bond acceptors (Lipinski definition) is 4. The van der Waals surface area contributed by atoms with Gasteiger partial charge in [0.1, 0.15) is 0 Å². The number of fused-ring (bicyclic) bond motifs is 1. The standard InChI is InChI=1S/C13H23N5O2/c1-10(12(19)16-4-2-14-3-5-16)17-6-7-18-11(9-17)8-15-13(18)20/h10-11,14H,2-9H2,1H3,(H,15,20). The number of nitrogens with zero attached hydrogens (tertiary/aromatic N) is 3. The van der Waals surface area contributed by atoms with Crippen LogP contribution in [-0.2, 0) is 4.79 Å². The lowest BCUT2D eigenvalue weighted by molar-refractivity contribution is -0.137. The largest absolute Gasteiger partial charge is 0.339 e. The summed E-state index contributed by atoms with van der Waals surface area (Å²) in [5, 5.41) is 6.13. The zero-order chi connectivity index (χ0) is 14.1. The summed E-state index contributed by atoms with van der Waals surface area (Å²) in [4.78, 5) is 30.1. The first-order chi connectivity index (χ1) is 9.66. The van der Waals surface area contributed by atoms with Gasteiger partial charge in [0, 0.05) is 52.4 Å². The normalized spacial score (nSPS) is 29.1. The molecule has 0 aromatic heterocycles. The number of carbonyl (C=O) groups is 2. The lowest BCUT2D eigenvalue weighted by atomic mass is 10.1. The predicted octanol–water partition coefficient (Wildman–Crippen LogP) is -1.48. The van der Waals surface area contributed by atoms with Crippen LogP contribution in [-0.4, -0.2) is 91.1 Å². The van der Waals surface area contributed by atoms with E-state index >= 15 is 0 Å². The minimum Gasteiger partial charge on any atom is -0.339 e. The van der Waals surface area contributed by atoms with Crippen molar-refractivity contribution in [2.45, 2.75) is 19.0 Å². The van der Waals surface area contributed by atoms with Crippen LogP contribution in [0.2, 0.25) is 0 Å². The van der Waals surface area contributed by atoms with E-state index in [0.717, 1.165) is 45.8 Å². The highest BCUT2D eigenvalue weighted by Crippen LogP contribution is 2.17. The van der Waals surface area contributed by atoms with Crippen molar-refractivity contribution in [3.05, 3.63) is 0 Å². The molecule has 0 aromatic carbocycles. The fourth-order valence-electron chi connectivity index (χ4n) is 3.29. The lowest BCUT2D eigenvalue weighted by Gasteiger charge is -2.40. The number of rotatable bonds is 2. The Bertz CT molecular complexity index is 396. The van der Waals surface area contributed by atoms with Crippen LogP contribution in [0.5, 0.6) is 0 Å². The first kappa shape index (κ1) is 13.6. The number of nitrogens with one attached hydrogen (secondary N) is 2. The molecular weight excluding hydrogens is 258 g/mol. The third-order valence-corrected chi connectivity index (χ3v) is 4.60. The van der Waals surface area contributed by atoms with Crippen LogP contribution < -0.4 is 10.6 Å². The Kier molecular flexibility index (Phi) is 3.80. The number of amides is 3. The summed E-state index contributed by atoms with van der Waals surface area (Å²) < 4.78 is 0. The smallest absolute Gasteiger partial charge is 0.317 e. The van der Waals surface area contributed by atoms with Crippen LogP contribution in [0.4, 0.5) is 4.79 Å². The molecule has 7 nitrogen and oxygen atoms in total. The molecule has 0 radical (unpaired) electrons. The van der Waals surface area contributed by atoms with E-state index in [-0.39, 0.29) is 24.0 Å². The van der Waals surface area contributed by atoms with Crippen LogP contribution >= 0.6 is 0 Å². The van der Waals surface area contributed by atoms with E-state index in [9.17, 15) is 9.59 Å². The molecular formula is C13H23N5O2. The van der Waals surface area contributed by atoms with Crippen LogP contribution in [0.3, 0.4) is 0 Å². The van der Waals surface area contributed by atoms with Gasteiger partial charge in [-0.05, 0) is 6.92 Å². The predicted molar refractivity (Wildman–Crippen MR) is 74.4 cm³/mol. The van der Waals surface area contributed by atoms with Crippen molar-refractivity contribution in [2.75, 3.05) is 52.4 Å². The maximum atomic E-state index is 12.5. The van der Waals surface area contributed by atoms with Crippen molar-refractivity contribution in [3.63, 3.8) is 0 Å². The summed E-state index contributed by atoms with van der Waals surface area (Å²) in [5.74, 6) is 0.220.